The summed E-state index contributed by atoms with van der Waals surface area (Å²) in [5.74, 6) is -0.797. The normalized spacial score (nSPS) is 13.5. The van der Waals surface area contributed by atoms with Gasteiger partial charge in [0.1, 0.15) is 19.8 Å². The Balaban J connectivity index is 3.95. The van der Waals surface area contributed by atoms with E-state index in [1.165, 1.54) is 212 Å². The molecule has 0 spiro atoms. The number of unbranched alkanes of at least 4 members (excludes halogenated alkanes) is 38. The molecule has 76 heavy (non-hydrogen) atoms. The van der Waals surface area contributed by atoms with Crippen LogP contribution in [0.1, 0.15) is 309 Å². The molecule has 0 aliphatic rings. The lowest BCUT2D eigenvalue weighted by Gasteiger charge is -2.24. The Morgan fingerprint density at radius 3 is 1.13 bits per heavy atom. The maximum absolute atomic E-state index is 12.8. The number of rotatable bonds is 60. The van der Waals surface area contributed by atoms with Gasteiger partial charge in [0.15, 0.2) is 6.10 Å². The molecule has 9 nitrogen and oxygen atoms in total. The summed E-state index contributed by atoms with van der Waals surface area (Å²) in [6, 6.07) is 0. The van der Waals surface area contributed by atoms with Gasteiger partial charge in [-0.05, 0) is 70.6 Å². The van der Waals surface area contributed by atoms with Crippen molar-refractivity contribution in [1.29, 1.82) is 0 Å². The van der Waals surface area contributed by atoms with Gasteiger partial charge < -0.3 is 18.9 Å². The van der Waals surface area contributed by atoms with Crippen LogP contribution in [-0.2, 0) is 32.7 Å². The predicted molar refractivity (Wildman–Crippen MR) is 326 cm³/mol. The summed E-state index contributed by atoms with van der Waals surface area (Å²) in [7, 11) is 1.48. The lowest BCUT2D eigenvalue weighted by molar-refractivity contribution is -0.870. The van der Waals surface area contributed by atoms with Crippen molar-refractivity contribution in [2.45, 2.75) is 315 Å². The molecule has 0 radical (unpaired) electrons. The minimum atomic E-state index is -4.39. The highest BCUT2D eigenvalue weighted by Crippen LogP contribution is 2.43. The van der Waals surface area contributed by atoms with Crippen LogP contribution in [0.2, 0.25) is 0 Å². The smallest absolute Gasteiger partial charge is 0.462 e. The molecule has 0 aliphatic carbocycles. The monoisotopic (exact) mass is 1090 g/mol. The predicted octanol–water partition coefficient (Wildman–Crippen LogP) is 20.5. The third-order valence-electron chi connectivity index (χ3n) is 14.3. The van der Waals surface area contributed by atoms with E-state index in [4.69, 9.17) is 18.5 Å². The summed E-state index contributed by atoms with van der Waals surface area (Å²) in [5, 5.41) is 0. The zero-order valence-corrected chi connectivity index (χ0v) is 51.6. The first-order valence-electron chi connectivity index (χ1n) is 32.4. The molecule has 0 saturated carbocycles. The van der Waals surface area contributed by atoms with Crippen molar-refractivity contribution >= 4 is 19.8 Å². The fourth-order valence-corrected chi connectivity index (χ4v) is 10.1. The van der Waals surface area contributed by atoms with E-state index in [0.717, 1.165) is 64.2 Å². The van der Waals surface area contributed by atoms with Gasteiger partial charge in [-0.1, -0.05) is 274 Å². The second-order valence-electron chi connectivity index (χ2n) is 23.1. The topological polar surface area (TPSA) is 108 Å². The summed E-state index contributed by atoms with van der Waals surface area (Å²) in [6.07, 6.45) is 73.6. The molecule has 0 aromatic rings. The molecular formula is C66H125NO8P+. The second-order valence-corrected chi connectivity index (χ2v) is 24.6. The zero-order valence-electron chi connectivity index (χ0n) is 50.8. The van der Waals surface area contributed by atoms with E-state index in [1.54, 1.807) is 0 Å². The van der Waals surface area contributed by atoms with Crippen molar-refractivity contribution < 1.29 is 42.1 Å². The number of ether oxygens (including phenoxy) is 2. The molecule has 0 aliphatic heterocycles. The van der Waals surface area contributed by atoms with Crippen molar-refractivity contribution in [1.82, 2.24) is 0 Å². The maximum Gasteiger partial charge on any atom is 0.472 e. The summed E-state index contributed by atoms with van der Waals surface area (Å²) in [6.45, 7) is 4.35. The summed E-state index contributed by atoms with van der Waals surface area (Å²) >= 11 is 0. The van der Waals surface area contributed by atoms with Gasteiger partial charge in [0.05, 0.1) is 27.7 Å². The highest BCUT2D eigenvalue weighted by Gasteiger charge is 2.27. The van der Waals surface area contributed by atoms with E-state index in [0.29, 0.717) is 17.4 Å². The lowest BCUT2D eigenvalue weighted by Crippen LogP contribution is -2.37. The van der Waals surface area contributed by atoms with Crippen molar-refractivity contribution in [2.75, 3.05) is 47.5 Å². The van der Waals surface area contributed by atoms with Crippen LogP contribution >= 0.6 is 7.82 Å². The maximum atomic E-state index is 12.8. The van der Waals surface area contributed by atoms with Gasteiger partial charge in [-0.25, -0.2) is 4.57 Å². The third kappa shape index (κ3) is 61.2. The van der Waals surface area contributed by atoms with Crippen LogP contribution in [0.3, 0.4) is 0 Å². The van der Waals surface area contributed by atoms with Gasteiger partial charge in [0.25, 0.3) is 0 Å². The van der Waals surface area contributed by atoms with Gasteiger partial charge in [-0.3, -0.25) is 18.6 Å². The lowest BCUT2D eigenvalue weighted by atomic mass is 10.0. The van der Waals surface area contributed by atoms with Crippen LogP contribution in [0.25, 0.3) is 0 Å². The molecule has 0 fully saturated rings. The van der Waals surface area contributed by atoms with Gasteiger partial charge in [0, 0.05) is 12.8 Å². The number of likely N-dealkylation sites (N-methyl/N-ethyl adjacent to an activating group) is 1. The number of hydrogen-bond donors (Lipinski definition) is 1. The highest BCUT2D eigenvalue weighted by atomic mass is 31.2. The molecule has 0 amide bonds. The third-order valence-corrected chi connectivity index (χ3v) is 15.3. The quantitative estimate of drug-likeness (QED) is 0.0211. The largest absolute Gasteiger partial charge is 0.472 e. The zero-order chi connectivity index (χ0) is 55.6. The van der Waals surface area contributed by atoms with Crippen molar-refractivity contribution in [3.63, 3.8) is 0 Å². The van der Waals surface area contributed by atoms with Gasteiger partial charge >= 0.3 is 19.8 Å². The Labute approximate surface area is 471 Å². The van der Waals surface area contributed by atoms with E-state index < -0.39 is 26.5 Å². The Kier molecular flexibility index (Phi) is 56.1. The fourth-order valence-electron chi connectivity index (χ4n) is 9.38. The Morgan fingerprint density at radius 2 is 0.750 bits per heavy atom. The summed E-state index contributed by atoms with van der Waals surface area (Å²) in [4.78, 5) is 35.7. The number of hydrogen-bond acceptors (Lipinski definition) is 7. The van der Waals surface area contributed by atoms with E-state index in [9.17, 15) is 19.0 Å². The average Bonchev–Trinajstić information content (AvgIpc) is 3.38. The van der Waals surface area contributed by atoms with Gasteiger partial charge in [-0.2, -0.15) is 0 Å². The van der Waals surface area contributed by atoms with Crippen molar-refractivity contribution in [3.05, 3.63) is 48.6 Å². The number of phosphoric ester groups is 1. The first-order valence-corrected chi connectivity index (χ1v) is 33.9. The first-order chi connectivity index (χ1) is 37.0. The molecule has 0 aromatic heterocycles. The van der Waals surface area contributed by atoms with E-state index in [1.807, 2.05) is 21.1 Å². The Morgan fingerprint density at radius 1 is 0.421 bits per heavy atom. The summed E-state index contributed by atoms with van der Waals surface area (Å²) in [5.41, 5.74) is 0. The van der Waals surface area contributed by atoms with Gasteiger partial charge in [0.2, 0.25) is 0 Å². The highest BCUT2D eigenvalue weighted by molar-refractivity contribution is 7.47. The second kappa shape index (κ2) is 57.6. The van der Waals surface area contributed by atoms with Crippen LogP contribution in [0, 0.1) is 0 Å². The molecule has 0 heterocycles. The molecular weight excluding hydrogens is 966 g/mol. The van der Waals surface area contributed by atoms with Crippen LogP contribution in [0.5, 0.6) is 0 Å². The van der Waals surface area contributed by atoms with Crippen LogP contribution in [0.4, 0.5) is 0 Å². The number of allylic oxidation sites excluding steroid dienone is 8. The van der Waals surface area contributed by atoms with Gasteiger partial charge in [-0.15, -0.1) is 0 Å². The molecule has 0 aromatic carbocycles. The number of nitrogens with zero attached hydrogens (tertiary/aromatic N) is 1. The minimum absolute atomic E-state index is 0.0299. The number of phosphoric acid groups is 1. The minimum Gasteiger partial charge on any atom is -0.462 e. The molecule has 0 bridgehead atoms. The number of quaternary nitrogens is 1. The number of carbonyl (C=O) groups excluding carboxylic acids is 2. The molecule has 2 unspecified atom stereocenters. The number of carbonyl (C=O) groups is 2. The first kappa shape index (κ1) is 74.0. The van der Waals surface area contributed by atoms with Crippen LogP contribution in [0.15, 0.2) is 48.6 Å². The molecule has 1 N–H and O–H groups in total. The van der Waals surface area contributed by atoms with Crippen LogP contribution in [-0.4, -0.2) is 74.9 Å². The number of esters is 2. The fraction of sp³-hybridized carbons (Fsp3) is 0.848. The van der Waals surface area contributed by atoms with E-state index >= 15 is 0 Å². The Hall–Kier alpha value is -2.03. The summed E-state index contributed by atoms with van der Waals surface area (Å²) < 4.78 is 34.6. The van der Waals surface area contributed by atoms with Crippen molar-refractivity contribution in [2.24, 2.45) is 0 Å². The standard InChI is InChI=1S/C66H124NO8P/c1-6-8-10-12-14-16-18-20-22-24-25-26-27-28-29-30-31-32-33-34-35-36-37-38-39-40-41-43-44-46-48-50-52-54-56-58-65(68)72-62-64(63-74-76(70,71)73-61-60-67(3,4)5)75-66(69)59-57-55-53-51-49-47-45-42-23-21-19-17-15-13-11-9-7-2/h9,11,15,17,21,23-25,64H,6-8,10,12-14,16,18-20,22,26-63H2,1-5H3/p+1/b11-9-,17-15-,23-21-,25-24-. The van der Waals surface area contributed by atoms with E-state index in [2.05, 4.69) is 62.5 Å². The molecule has 10 heteroatoms. The molecule has 0 rings (SSSR count). The molecule has 0 saturated heterocycles. The Bertz CT molecular complexity index is 1420. The van der Waals surface area contributed by atoms with E-state index in [-0.39, 0.29) is 32.0 Å². The van der Waals surface area contributed by atoms with Crippen LogP contribution < -0.4 is 0 Å². The SMILES string of the molecule is CC/C=C\C/C=C\C/C=C\CCCCCCCCCC(=O)OC(COC(=O)CCCCCCCCCCCCCCCCCCCCCCCCC/C=C\CCCCCCCCCC)COP(=O)(O)OCC[N+](C)(C)C. The van der Waals surface area contributed by atoms with Crippen molar-refractivity contribution in [3.8, 4) is 0 Å². The molecule has 446 valence electrons. The molecule has 2 atom stereocenters. The average molecular weight is 1090 g/mol.